The Morgan fingerprint density at radius 1 is 0.889 bits per heavy atom. The van der Waals surface area contributed by atoms with Gasteiger partial charge < -0.3 is 5.11 Å². The summed E-state index contributed by atoms with van der Waals surface area (Å²) in [4.78, 5) is 13.4. The molecule has 0 aliphatic carbocycles. The van der Waals surface area contributed by atoms with Crippen LogP contribution in [0.25, 0.3) is 21.9 Å². The maximum atomic E-state index is 13.4. The molecule has 4 aromatic carbocycles. The Kier molecular flexibility index (Phi) is 3.96. The summed E-state index contributed by atoms with van der Waals surface area (Å²) in [5.41, 5.74) is 1.30. The molecule has 0 aliphatic rings. The van der Waals surface area contributed by atoms with E-state index in [1.807, 2.05) is 36.4 Å². The van der Waals surface area contributed by atoms with Crippen molar-refractivity contribution in [3.8, 4) is 11.1 Å². The van der Waals surface area contributed by atoms with Crippen LogP contribution >= 0.6 is 15.9 Å². The molecule has 27 heavy (non-hydrogen) atoms. The van der Waals surface area contributed by atoms with E-state index in [1.54, 1.807) is 36.4 Å². The minimum absolute atomic E-state index is 0.0358. The monoisotopic (exact) mass is 419 g/mol. The number of benzene rings is 4. The van der Waals surface area contributed by atoms with Gasteiger partial charge in [0.15, 0.2) is 5.78 Å². The third-order valence-corrected chi connectivity index (χ3v) is 5.09. The smallest absolute Gasteiger partial charge is 0.197 e. The summed E-state index contributed by atoms with van der Waals surface area (Å²) in [5.74, 6) is -0.627. The van der Waals surface area contributed by atoms with Crippen molar-refractivity contribution in [1.82, 2.24) is 0 Å². The maximum absolute atomic E-state index is 13.4. The number of ketones is 1. The summed E-state index contributed by atoms with van der Waals surface area (Å²) in [6, 6.07) is 20.9. The van der Waals surface area contributed by atoms with Crippen LogP contribution in [0.5, 0.6) is 0 Å². The summed E-state index contributed by atoms with van der Waals surface area (Å²) in [6.45, 7) is 0. The van der Waals surface area contributed by atoms with Gasteiger partial charge in [-0.1, -0.05) is 101 Å². The minimum Gasteiger partial charge on any atom is -0.380 e. The average Bonchev–Trinajstić information content (AvgIpc) is 2.79. The van der Waals surface area contributed by atoms with Crippen molar-refractivity contribution in [2.24, 2.45) is 0 Å². The Balaban J connectivity index is 2.03. The first-order chi connectivity index (χ1) is 14.4. The Hall–Kier alpha value is -2.75. The number of rotatable bonds is 4. The van der Waals surface area contributed by atoms with Crippen LogP contribution in [0.4, 0.5) is 0 Å². The summed E-state index contributed by atoms with van der Waals surface area (Å²) in [7, 11) is 0. The van der Waals surface area contributed by atoms with E-state index in [-0.39, 0.29) is 33.7 Å². The van der Waals surface area contributed by atoms with E-state index in [4.69, 9.17) is 4.11 Å². The highest BCUT2D eigenvalue weighted by Gasteiger charge is 2.25. The molecule has 0 bridgehead atoms. The molecule has 0 amide bonds. The van der Waals surface area contributed by atoms with Gasteiger partial charge in [0.1, 0.15) is 6.10 Å². The van der Waals surface area contributed by atoms with Crippen molar-refractivity contribution in [2.45, 2.75) is 6.10 Å². The van der Waals surface area contributed by atoms with Gasteiger partial charge in [0, 0.05) is 10.0 Å². The predicted molar refractivity (Wildman–Crippen MR) is 113 cm³/mol. The molecule has 132 valence electrons. The second-order valence-electron chi connectivity index (χ2n) is 6.14. The zero-order valence-corrected chi connectivity index (χ0v) is 15.8. The first kappa shape index (κ1) is 14.3. The lowest BCUT2D eigenvalue weighted by Crippen LogP contribution is -2.14. The van der Waals surface area contributed by atoms with Crippen LogP contribution in [0.2, 0.25) is 0 Å². The third-order valence-electron chi connectivity index (χ3n) is 4.50. The van der Waals surface area contributed by atoms with E-state index in [2.05, 4.69) is 15.9 Å². The van der Waals surface area contributed by atoms with Gasteiger partial charge >= 0.3 is 0 Å². The molecule has 3 heteroatoms. The molecule has 0 saturated heterocycles. The van der Waals surface area contributed by atoms with Gasteiger partial charge in [0.25, 0.3) is 0 Å². The van der Waals surface area contributed by atoms with Crippen molar-refractivity contribution in [2.75, 3.05) is 0 Å². The van der Waals surface area contributed by atoms with Crippen molar-refractivity contribution in [3.63, 3.8) is 0 Å². The van der Waals surface area contributed by atoms with Crippen LogP contribution in [0, 0.1) is 0 Å². The number of aliphatic hydroxyl groups excluding tert-OH is 1. The van der Waals surface area contributed by atoms with Crippen molar-refractivity contribution >= 4 is 32.5 Å². The minimum atomic E-state index is -1.45. The fourth-order valence-corrected chi connectivity index (χ4v) is 3.68. The Bertz CT molecular complexity index is 1270. The van der Waals surface area contributed by atoms with E-state index in [1.165, 1.54) is 0 Å². The number of halogens is 1. The van der Waals surface area contributed by atoms with E-state index in [0.29, 0.717) is 11.1 Å². The van der Waals surface area contributed by atoms with E-state index in [0.717, 1.165) is 10.8 Å². The Labute approximate surface area is 170 Å². The number of aliphatic hydroxyl groups is 1. The molecular formula is C24H17BrO2. The molecule has 4 aromatic rings. The van der Waals surface area contributed by atoms with Crippen molar-refractivity contribution in [3.05, 3.63) is 107 Å². The summed E-state index contributed by atoms with van der Waals surface area (Å²) in [5, 5.41) is 12.5. The number of fused-ring (bicyclic) bond motifs is 1. The SMILES string of the molecule is [2H]c1c([2H])c(Br)c(C(=O)C(O)c2ccccc2)c(-c2cccc3ccccc23)c1[2H]. The summed E-state index contributed by atoms with van der Waals surface area (Å²) >= 11 is 3.30. The number of carbonyl (C=O) groups excluding carboxylic acids is 1. The molecule has 1 atom stereocenters. The molecule has 0 aromatic heterocycles. The Morgan fingerprint density at radius 3 is 2.41 bits per heavy atom. The standard InChI is InChI=1S/C24H17BrO2/c25-21-15-7-14-20(19-13-6-11-16-8-4-5-12-18(16)19)22(21)24(27)23(26)17-9-2-1-3-10-17/h1-15,23,26H/i7D,14D,15D. The predicted octanol–water partition coefficient (Wildman–Crippen LogP) is 6.19. The van der Waals surface area contributed by atoms with Crippen molar-refractivity contribution < 1.29 is 14.0 Å². The molecule has 2 nitrogen and oxygen atoms in total. The van der Waals surface area contributed by atoms with Crippen LogP contribution in [0.1, 0.15) is 26.1 Å². The van der Waals surface area contributed by atoms with E-state index >= 15 is 0 Å². The van der Waals surface area contributed by atoms with Gasteiger partial charge in [-0.15, -0.1) is 0 Å². The van der Waals surface area contributed by atoms with Gasteiger partial charge in [0.2, 0.25) is 0 Å². The normalized spacial score (nSPS) is 13.6. The van der Waals surface area contributed by atoms with E-state index < -0.39 is 11.9 Å². The number of hydrogen-bond acceptors (Lipinski definition) is 2. The van der Waals surface area contributed by atoms with Crippen LogP contribution in [-0.2, 0) is 0 Å². The molecule has 0 spiro atoms. The van der Waals surface area contributed by atoms with Crippen LogP contribution in [-0.4, -0.2) is 10.9 Å². The average molecular weight is 420 g/mol. The van der Waals surface area contributed by atoms with Gasteiger partial charge in [-0.2, -0.15) is 0 Å². The summed E-state index contributed by atoms with van der Waals surface area (Å²) < 4.78 is 25.1. The molecule has 0 radical (unpaired) electrons. The lowest BCUT2D eigenvalue weighted by Gasteiger charge is -2.16. The Morgan fingerprint density at radius 2 is 1.59 bits per heavy atom. The molecule has 0 fully saturated rings. The molecule has 4 rings (SSSR count). The lowest BCUT2D eigenvalue weighted by atomic mass is 9.90. The molecule has 1 unspecified atom stereocenters. The molecular weight excluding hydrogens is 400 g/mol. The van der Waals surface area contributed by atoms with Crippen molar-refractivity contribution in [1.29, 1.82) is 0 Å². The molecule has 1 N–H and O–H groups in total. The fourth-order valence-electron chi connectivity index (χ4n) is 3.18. The fraction of sp³-hybridized carbons (Fsp3) is 0.0417. The highest BCUT2D eigenvalue weighted by atomic mass is 79.9. The van der Waals surface area contributed by atoms with E-state index in [9.17, 15) is 9.90 Å². The number of hydrogen-bond donors (Lipinski definition) is 1. The second kappa shape index (κ2) is 7.47. The van der Waals surface area contributed by atoms with Gasteiger partial charge in [-0.05, 0) is 33.5 Å². The molecule has 0 heterocycles. The topological polar surface area (TPSA) is 37.3 Å². The molecule has 0 saturated carbocycles. The number of Topliss-reactive ketones (excluding diaryl/α,β-unsaturated/α-hetero) is 1. The molecule has 0 aliphatic heterocycles. The summed E-state index contributed by atoms with van der Waals surface area (Å²) in [6.07, 6.45) is -1.45. The van der Waals surface area contributed by atoms with Gasteiger partial charge in [-0.3, -0.25) is 4.79 Å². The zero-order valence-electron chi connectivity index (χ0n) is 17.2. The van der Waals surface area contributed by atoms with Gasteiger partial charge in [0.05, 0.1) is 4.11 Å². The highest BCUT2D eigenvalue weighted by Crippen LogP contribution is 2.36. The lowest BCUT2D eigenvalue weighted by molar-refractivity contribution is 0.0747. The zero-order chi connectivity index (χ0) is 21.4. The number of carbonyl (C=O) groups is 1. The quantitative estimate of drug-likeness (QED) is 0.400. The van der Waals surface area contributed by atoms with Crippen LogP contribution in [0.15, 0.2) is 95.4 Å². The first-order valence-corrected chi connectivity index (χ1v) is 9.25. The van der Waals surface area contributed by atoms with Crippen LogP contribution < -0.4 is 0 Å². The van der Waals surface area contributed by atoms with Gasteiger partial charge in [-0.25, -0.2) is 0 Å². The highest BCUT2D eigenvalue weighted by molar-refractivity contribution is 9.10. The maximum Gasteiger partial charge on any atom is 0.197 e. The third kappa shape index (κ3) is 3.32. The first-order valence-electron chi connectivity index (χ1n) is 9.96. The largest absolute Gasteiger partial charge is 0.380 e. The van der Waals surface area contributed by atoms with Crippen LogP contribution in [0.3, 0.4) is 0 Å². The second-order valence-corrected chi connectivity index (χ2v) is 6.94.